The number of carbonyl (C=O) groups is 2. The number of primary amides is 1. The number of nitrogens with one attached hydrogen (secondary N) is 1. The molecule has 0 bridgehead atoms. The molecule has 0 aromatic heterocycles. The summed E-state index contributed by atoms with van der Waals surface area (Å²) in [6.45, 7) is -0.138. The summed E-state index contributed by atoms with van der Waals surface area (Å²) in [5, 5.41) is 12.2. The predicted molar refractivity (Wildman–Crippen MR) is 61.3 cm³/mol. The van der Waals surface area contributed by atoms with Crippen LogP contribution in [0.15, 0.2) is 24.3 Å². The van der Waals surface area contributed by atoms with Crippen molar-refractivity contribution in [2.75, 3.05) is 6.54 Å². The van der Waals surface area contributed by atoms with Gasteiger partial charge >= 0.3 is 5.97 Å². The molecule has 17 heavy (non-hydrogen) atoms. The van der Waals surface area contributed by atoms with Crippen LogP contribution in [0.5, 0.6) is 0 Å². The van der Waals surface area contributed by atoms with E-state index in [-0.39, 0.29) is 6.54 Å². The Bertz CT molecular complexity index is 473. The van der Waals surface area contributed by atoms with Gasteiger partial charge in [-0.1, -0.05) is 24.3 Å². The quantitative estimate of drug-likeness (QED) is 0.683. The lowest BCUT2D eigenvalue weighted by Crippen LogP contribution is -2.50. The lowest BCUT2D eigenvalue weighted by molar-refractivity contribution is -0.145. The number of nitrogens with two attached hydrogens (primary N) is 1. The predicted octanol–water partition coefficient (Wildman–Crippen LogP) is -0.0124. The van der Waals surface area contributed by atoms with Crippen LogP contribution >= 0.6 is 0 Å². The minimum absolute atomic E-state index is 0.138. The van der Waals surface area contributed by atoms with Gasteiger partial charge in [0.15, 0.2) is 0 Å². The molecule has 1 unspecified atom stereocenters. The number of aryl methyl sites for hydroxylation is 1. The summed E-state index contributed by atoms with van der Waals surface area (Å²) in [6.07, 6.45) is 1.13. The topological polar surface area (TPSA) is 92.4 Å². The number of aliphatic carboxylic acids is 1. The Morgan fingerprint density at radius 1 is 1.41 bits per heavy atom. The van der Waals surface area contributed by atoms with Crippen molar-refractivity contribution in [1.82, 2.24) is 5.32 Å². The highest BCUT2D eigenvalue weighted by atomic mass is 16.4. The molecular formula is C12H14N2O3. The molecular weight excluding hydrogens is 220 g/mol. The summed E-state index contributed by atoms with van der Waals surface area (Å²) < 4.78 is 0. The maximum Gasteiger partial charge on any atom is 0.328 e. The highest BCUT2D eigenvalue weighted by molar-refractivity contribution is 5.84. The monoisotopic (exact) mass is 234 g/mol. The van der Waals surface area contributed by atoms with Gasteiger partial charge in [-0.2, -0.15) is 0 Å². The van der Waals surface area contributed by atoms with Crippen molar-refractivity contribution in [1.29, 1.82) is 0 Å². The Labute approximate surface area is 98.6 Å². The Hall–Kier alpha value is -1.88. The standard InChI is InChI=1S/C12H14N2O3/c13-10(15)7-14-12(11(16)17)6-5-8-3-1-2-4-9(8)12/h1-4,14H,5-7H2,(H2,13,15)(H,16,17). The lowest BCUT2D eigenvalue weighted by atomic mass is 9.92. The number of hydrogen-bond acceptors (Lipinski definition) is 3. The van der Waals surface area contributed by atoms with Crippen LogP contribution in [0.1, 0.15) is 17.5 Å². The number of amides is 1. The van der Waals surface area contributed by atoms with Gasteiger partial charge < -0.3 is 10.8 Å². The molecule has 0 saturated carbocycles. The van der Waals surface area contributed by atoms with Crippen molar-refractivity contribution in [2.24, 2.45) is 5.73 Å². The average Bonchev–Trinajstić information content (AvgIpc) is 2.67. The van der Waals surface area contributed by atoms with E-state index in [0.29, 0.717) is 12.8 Å². The molecule has 1 aliphatic carbocycles. The first-order valence-corrected chi connectivity index (χ1v) is 5.41. The van der Waals surface area contributed by atoms with Crippen LogP contribution in [-0.4, -0.2) is 23.5 Å². The third-order valence-electron chi connectivity index (χ3n) is 3.18. The fraction of sp³-hybridized carbons (Fsp3) is 0.333. The van der Waals surface area contributed by atoms with Crippen molar-refractivity contribution in [2.45, 2.75) is 18.4 Å². The number of benzene rings is 1. The van der Waals surface area contributed by atoms with E-state index in [2.05, 4.69) is 5.32 Å². The van der Waals surface area contributed by atoms with Gasteiger partial charge in [-0.3, -0.25) is 10.1 Å². The van der Waals surface area contributed by atoms with Gasteiger partial charge in [-0.15, -0.1) is 0 Å². The summed E-state index contributed by atoms with van der Waals surface area (Å²) in [5.41, 5.74) is 5.62. The van der Waals surface area contributed by atoms with Crippen LogP contribution < -0.4 is 11.1 Å². The maximum atomic E-state index is 11.5. The van der Waals surface area contributed by atoms with E-state index >= 15 is 0 Å². The van der Waals surface area contributed by atoms with Gasteiger partial charge in [-0.05, 0) is 24.0 Å². The van der Waals surface area contributed by atoms with Gasteiger partial charge in [0.1, 0.15) is 5.54 Å². The SMILES string of the molecule is NC(=O)CNC1(C(=O)O)CCc2ccccc21. The summed E-state index contributed by atoms with van der Waals surface area (Å²) in [4.78, 5) is 22.3. The van der Waals surface area contributed by atoms with Crippen molar-refractivity contribution < 1.29 is 14.7 Å². The van der Waals surface area contributed by atoms with Crippen molar-refractivity contribution in [3.05, 3.63) is 35.4 Å². The third-order valence-corrected chi connectivity index (χ3v) is 3.18. The van der Waals surface area contributed by atoms with Crippen LogP contribution in [-0.2, 0) is 21.5 Å². The summed E-state index contributed by atoms with van der Waals surface area (Å²) in [7, 11) is 0. The fourth-order valence-electron chi connectivity index (χ4n) is 2.33. The largest absolute Gasteiger partial charge is 0.480 e. The average molecular weight is 234 g/mol. The Kier molecular flexibility index (Phi) is 2.85. The molecule has 0 fully saturated rings. The van der Waals surface area contributed by atoms with Crippen LogP contribution in [0, 0.1) is 0 Å². The molecule has 0 aliphatic heterocycles. The van der Waals surface area contributed by atoms with Gasteiger partial charge in [-0.25, -0.2) is 4.79 Å². The highest BCUT2D eigenvalue weighted by Gasteiger charge is 2.45. The molecule has 1 aromatic carbocycles. The first kappa shape index (κ1) is 11.6. The number of carbonyl (C=O) groups excluding carboxylic acids is 1. The van der Waals surface area contributed by atoms with Gasteiger partial charge in [0, 0.05) is 0 Å². The molecule has 1 atom stereocenters. The second-order valence-corrected chi connectivity index (χ2v) is 4.19. The van der Waals surface area contributed by atoms with Crippen LogP contribution in [0.25, 0.3) is 0 Å². The van der Waals surface area contributed by atoms with Crippen molar-refractivity contribution in [3.8, 4) is 0 Å². The van der Waals surface area contributed by atoms with E-state index in [0.717, 1.165) is 11.1 Å². The smallest absolute Gasteiger partial charge is 0.328 e. The number of carboxylic acids is 1. The molecule has 1 aromatic rings. The van der Waals surface area contributed by atoms with Crippen molar-refractivity contribution in [3.63, 3.8) is 0 Å². The van der Waals surface area contributed by atoms with Gasteiger partial charge in [0.05, 0.1) is 6.54 Å². The number of rotatable bonds is 4. The zero-order chi connectivity index (χ0) is 12.5. The third kappa shape index (κ3) is 1.89. The van der Waals surface area contributed by atoms with E-state index in [1.807, 2.05) is 12.1 Å². The minimum atomic E-state index is -1.17. The first-order valence-electron chi connectivity index (χ1n) is 5.41. The van der Waals surface area contributed by atoms with Gasteiger partial charge in [0.25, 0.3) is 0 Å². The van der Waals surface area contributed by atoms with E-state index in [4.69, 9.17) is 5.73 Å². The second kappa shape index (κ2) is 4.18. The molecule has 4 N–H and O–H groups in total. The summed E-state index contributed by atoms with van der Waals surface area (Å²) in [5.74, 6) is -1.53. The molecule has 5 heteroatoms. The molecule has 90 valence electrons. The molecule has 1 aliphatic rings. The Morgan fingerprint density at radius 2 is 2.12 bits per heavy atom. The Morgan fingerprint density at radius 3 is 2.76 bits per heavy atom. The molecule has 0 saturated heterocycles. The first-order chi connectivity index (χ1) is 8.06. The van der Waals surface area contributed by atoms with Crippen molar-refractivity contribution >= 4 is 11.9 Å². The van der Waals surface area contributed by atoms with Crippen LogP contribution in [0.4, 0.5) is 0 Å². The summed E-state index contributed by atoms with van der Waals surface area (Å²) >= 11 is 0. The lowest BCUT2D eigenvalue weighted by Gasteiger charge is -2.26. The summed E-state index contributed by atoms with van der Waals surface area (Å²) in [6, 6.07) is 7.37. The number of carboxylic acid groups (broad SMARTS) is 1. The van der Waals surface area contributed by atoms with Crippen LogP contribution in [0.3, 0.4) is 0 Å². The molecule has 0 spiro atoms. The van der Waals surface area contributed by atoms with E-state index in [9.17, 15) is 14.7 Å². The van der Waals surface area contributed by atoms with E-state index in [1.165, 1.54) is 0 Å². The zero-order valence-electron chi connectivity index (χ0n) is 9.27. The fourth-order valence-corrected chi connectivity index (χ4v) is 2.33. The number of fused-ring (bicyclic) bond motifs is 1. The minimum Gasteiger partial charge on any atom is -0.480 e. The highest BCUT2D eigenvalue weighted by Crippen LogP contribution is 2.36. The molecule has 1 amide bonds. The number of hydrogen-bond donors (Lipinski definition) is 3. The van der Waals surface area contributed by atoms with Crippen LogP contribution in [0.2, 0.25) is 0 Å². The molecule has 5 nitrogen and oxygen atoms in total. The second-order valence-electron chi connectivity index (χ2n) is 4.19. The Balaban J connectivity index is 2.37. The van der Waals surface area contributed by atoms with E-state index < -0.39 is 17.4 Å². The maximum absolute atomic E-state index is 11.5. The van der Waals surface area contributed by atoms with Gasteiger partial charge in [0.2, 0.25) is 5.91 Å². The molecule has 0 radical (unpaired) electrons. The normalized spacial score (nSPS) is 22.1. The molecule has 0 heterocycles. The molecule has 2 rings (SSSR count). The van der Waals surface area contributed by atoms with E-state index in [1.54, 1.807) is 12.1 Å². The zero-order valence-corrected chi connectivity index (χ0v) is 9.27.